The molecule has 0 spiro atoms. The molecule has 0 atom stereocenters. The van der Waals surface area contributed by atoms with Crippen LogP contribution in [-0.2, 0) is 4.79 Å². The van der Waals surface area contributed by atoms with E-state index >= 15 is 0 Å². The summed E-state index contributed by atoms with van der Waals surface area (Å²) in [5.41, 5.74) is 0.610. The lowest BCUT2D eigenvalue weighted by molar-refractivity contribution is -0.112. The van der Waals surface area contributed by atoms with E-state index in [9.17, 15) is 4.79 Å². The summed E-state index contributed by atoms with van der Waals surface area (Å²) in [7, 11) is 2.12. The van der Waals surface area contributed by atoms with E-state index in [1.807, 2.05) is 6.08 Å². The number of carbonyl (C=O) groups is 1. The Morgan fingerprint density at radius 1 is 1.47 bits per heavy atom. The molecule has 0 saturated heterocycles. The van der Waals surface area contributed by atoms with Gasteiger partial charge >= 0.3 is 0 Å². The Bertz CT molecular complexity index is 241. The molecule has 15 heavy (non-hydrogen) atoms. The van der Waals surface area contributed by atoms with Gasteiger partial charge in [0.05, 0.1) is 0 Å². The molecule has 0 bridgehead atoms. The van der Waals surface area contributed by atoms with Gasteiger partial charge in [-0.25, -0.2) is 0 Å². The largest absolute Gasteiger partial charge is 0.303 e. The van der Waals surface area contributed by atoms with Gasteiger partial charge in [-0.05, 0) is 51.3 Å². The third-order valence-corrected chi connectivity index (χ3v) is 3.43. The topological polar surface area (TPSA) is 20.3 Å². The minimum Gasteiger partial charge on any atom is -0.303 e. The summed E-state index contributed by atoms with van der Waals surface area (Å²) in [4.78, 5) is 13.0. The molecule has 1 aliphatic carbocycles. The molecule has 0 aromatic heterocycles. The standard InChI is InChI=1S/C13H23NO/c1-12(15)6-4-10-14(3)11-9-13(2)7-5-8-13/h4,6H,5,7-11H2,1-3H3/b6-4+. The molecule has 0 heterocycles. The van der Waals surface area contributed by atoms with E-state index in [-0.39, 0.29) is 5.78 Å². The number of nitrogens with zero attached hydrogens (tertiary/aromatic N) is 1. The van der Waals surface area contributed by atoms with Crippen LogP contribution in [0.5, 0.6) is 0 Å². The summed E-state index contributed by atoms with van der Waals surface area (Å²) in [6.07, 6.45) is 9.09. The van der Waals surface area contributed by atoms with Crippen LogP contribution in [0.3, 0.4) is 0 Å². The van der Waals surface area contributed by atoms with Gasteiger partial charge in [0.25, 0.3) is 0 Å². The average Bonchev–Trinajstić information content (AvgIpc) is 2.11. The van der Waals surface area contributed by atoms with Crippen molar-refractivity contribution in [2.45, 2.75) is 39.5 Å². The highest BCUT2D eigenvalue weighted by Gasteiger charge is 2.31. The first-order valence-corrected chi connectivity index (χ1v) is 5.87. The molecule has 0 amide bonds. The number of rotatable bonds is 6. The van der Waals surface area contributed by atoms with Gasteiger partial charge in [-0.3, -0.25) is 4.79 Å². The Kier molecular flexibility index (Phi) is 4.52. The number of ketones is 1. The third-order valence-electron chi connectivity index (χ3n) is 3.43. The van der Waals surface area contributed by atoms with E-state index in [2.05, 4.69) is 18.9 Å². The van der Waals surface area contributed by atoms with Crippen LogP contribution in [-0.4, -0.2) is 30.8 Å². The molecule has 0 radical (unpaired) electrons. The maximum Gasteiger partial charge on any atom is 0.152 e. The zero-order chi connectivity index (χ0) is 11.3. The number of hydrogen-bond donors (Lipinski definition) is 0. The van der Waals surface area contributed by atoms with Gasteiger partial charge in [0.1, 0.15) is 0 Å². The summed E-state index contributed by atoms with van der Waals surface area (Å²) in [5.74, 6) is 0.134. The highest BCUT2D eigenvalue weighted by molar-refractivity contribution is 5.87. The molecule has 1 aliphatic rings. The molecule has 1 rings (SSSR count). The lowest BCUT2D eigenvalue weighted by Crippen LogP contribution is -2.31. The normalized spacial score (nSPS) is 19.5. The number of allylic oxidation sites excluding steroid dienone is 1. The monoisotopic (exact) mass is 209 g/mol. The van der Waals surface area contributed by atoms with Crippen molar-refractivity contribution in [2.24, 2.45) is 5.41 Å². The third kappa shape index (κ3) is 4.61. The van der Waals surface area contributed by atoms with Crippen molar-refractivity contribution in [1.29, 1.82) is 0 Å². The van der Waals surface area contributed by atoms with E-state index in [0.29, 0.717) is 5.41 Å². The second-order valence-electron chi connectivity index (χ2n) is 5.19. The summed E-state index contributed by atoms with van der Waals surface area (Å²) in [6.45, 7) is 6.00. The maximum absolute atomic E-state index is 10.7. The summed E-state index contributed by atoms with van der Waals surface area (Å²) in [5, 5.41) is 0. The SMILES string of the molecule is CC(=O)/C=C/CN(C)CCC1(C)CCC1. The van der Waals surface area contributed by atoms with Crippen molar-refractivity contribution in [3.63, 3.8) is 0 Å². The highest BCUT2D eigenvalue weighted by atomic mass is 16.1. The zero-order valence-electron chi connectivity index (χ0n) is 10.3. The lowest BCUT2D eigenvalue weighted by Gasteiger charge is -2.39. The Balaban J connectivity index is 2.13. The quantitative estimate of drug-likeness (QED) is 0.627. The predicted molar refractivity (Wildman–Crippen MR) is 63.9 cm³/mol. The average molecular weight is 209 g/mol. The van der Waals surface area contributed by atoms with Gasteiger partial charge in [-0.15, -0.1) is 0 Å². The van der Waals surface area contributed by atoms with Gasteiger partial charge in [0.15, 0.2) is 5.78 Å². The zero-order valence-corrected chi connectivity index (χ0v) is 10.3. The fourth-order valence-corrected chi connectivity index (χ4v) is 1.98. The lowest BCUT2D eigenvalue weighted by atomic mass is 9.68. The van der Waals surface area contributed by atoms with Gasteiger partial charge in [0, 0.05) is 6.54 Å². The molecule has 0 aromatic rings. The second kappa shape index (κ2) is 5.45. The summed E-state index contributed by atoms with van der Waals surface area (Å²) < 4.78 is 0. The molecular weight excluding hydrogens is 186 g/mol. The molecule has 1 fully saturated rings. The van der Waals surface area contributed by atoms with Crippen LogP contribution in [0.15, 0.2) is 12.2 Å². The van der Waals surface area contributed by atoms with Crippen LogP contribution in [0.4, 0.5) is 0 Å². The van der Waals surface area contributed by atoms with Crippen molar-refractivity contribution in [3.05, 3.63) is 12.2 Å². The molecule has 0 aliphatic heterocycles. The molecule has 86 valence electrons. The van der Waals surface area contributed by atoms with Crippen molar-refractivity contribution in [3.8, 4) is 0 Å². The number of hydrogen-bond acceptors (Lipinski definition) is 2. The van der Waals surface area contributed by atoms with Gasteiger partial charge in [-0.2, -0.15) is 0 Å². The smallest absolute Gasteiger partial charge is 0.152 e. The van der Waals surface area contributed by atoms with Crippen molar-refractivity contribution in [2.75, 3.05) is 20.1 Å². The Hall–Kier alpha value is -0.630. The van der Waals surface area contributed by atoms with Crippen molar-refractivity contribution < 1.29 is 4.79 Å². The first-order chi connectivity index (χ1) is 7.02. The van der Waals surface area contributed by atoms with E-state index in [1.54, 1.807) is 13.0 Å². The molecular formula is C13H23NO. The predicted octanol–water partition coefficient (Wildman–Crippen LogP) is 2.64. The van der Waals surface area contributed by atoms with Crippen LogP contribution < -0.4 is 0 Å². The van der Waals surface area contributed by atoms with Crippen molar-refractivity contribution in [1.82, 2.24) is 4.90 Å². The maximum atomic E-state index is 10.7. The van der Waals surface area contributed by atoms with E-state index in [1.165, 1.54) is 25.7 Å². The fourth-order valence-electron chi connectivity index (χ4n) is 1.98. The minimum atomic E-state index is 0.134. The number of carbonyl (C=O) groups excluding carboxylic acids is 1. The van der Waals surface area contributed by atoms with Gasteiger partial charge < -0.3 is 4.90 Å². The van der Waals surface area contributed by atoms with Gasteiger partial charge in [-0.1, -0.05) is 19.4 Å². The highest BCUT2D eigenvalue weighted by Crippen LogP contribution is 2.43. The molecule has 0 unspecified atom stereocenters. The summed E-state index contributed by atoms with van der Waals surface area (Å²) in [6, 6.07) is 0. The summed E-state index contributed by atoms with van der Waals surface area (Å²) >= 11 is 0. The molecule has 1 saturated carbocycles. The Morgan fingerprint density at radius 3 is 2.60 bits per heavy atom. The molecule has 2 nitrogen and oxygen atoms in total. The second-order valence-corrected chi connectivity index (χ2v) is 5.19. The molecule has 2 heteroatoms. The number of likely N-dealkylation sites (N-methyl/N-ethyl adjacent to an activating group) is 1. The van der Waals surface area contributed by atoms with Crippen LogP contribution in [0.1, 0.15) is 39.5 Å². The van der Waals surface area contributed by atoms with E-state index < -0.39 is 0 Å². The fraction of sp³-hybridized carbons (Fsp3) is 0.769. The van der Waals surface area contributed by atoms with Crippen molar-refractivity contribution >= 4 is 5.78 Å². The van der Waals surface area contributed by atoms with Crippen LogP contribution in [0.2, 0.25) is 0 Å². The van der Waals surface area contributed by atoms with E-state index in [4.69, 9.17) is 0 Å². The molecule has 0 N–H and O–H groups in total. The van der Waals surface area contributed by atoms with E-state index in [0.717, 1.165) is 13.1 Å². The molecule has 0 aromatic carbocycles. The first-order valence-electron chi connectivity index (χ1n) is 5.87. The first kappa shape index (κ1) is 12.4. The van der Waals surface area contributed by atoms with Crippen LogP contribution >= 0.6 is 0 Å². The van der Waals surface area contributed by atoms with Crippen LogP contribution in [0.25, 0.3) is 0 Å². The van der Waals surface area contributed by atoms with Gasteiger partial charge in [0.2, 0.25) is 0 Å². The van der Waals surface area contributed by atoms with Crippen LogP contribution in [0, 0.1) is 5.41 Å². The Labute approximate surface area is 93.3 Å². The minimum absolute atomic E-state index is 0.134. The Morgan fingerprint density at radius 2 is 2.13 bits per heavy atom.